The number of hydrogen-bond donors (Lipinski definition) is 3. The first-order valence-corrected chi connectivity index (χ1v) is 6.87. The van der Waals surface area contributed by atoms with Gasteiger partial charge in [-0.2, -0.15) is 0 Å². The first-order valence-electron chi connectivity index (χ1n) is 6.87. The van der Waals surface area contributed by atoms with Crippen LogP contribution in [0, 0.1) is 10.8 Å². The van der Waals surface area contributed by atoms with E-state index in [1.807, 2.05) is 19.9 Å². The number of rotatable bonds is 1. The van der Waals surface area contributed by atoms with Gasteiger partial charge in [0, 0.05) is 10.8 Å². The van der Waals surface area contributed by atoms with Crippen molar-refractivity contribution in [3.8, 4) is 0 Å². The Kier molecular flexibility index (Phi) is 2.74. The van der Waals surface area contributed by atoms with E-state index in [1.165, 1.54) is 5.57 Å². The van der Waals surface area contributed by atoms with E-state index in [9.17, 15) is 15.3 Å². The molecule has 1 saturated heterocycles. The Morgan fingerprint density at radius 2 is 2.16 bits per heavy atom. The molecule has 3 aliphatic rings. The Morgan fingerprint density at radius 3 is 2.79 bits per heavy atom. The molecule has 4 heteroatoms. The van der Waals surface area contributed by atoms with Crippen LogP contribution in [0.1, 0.15) is 26.7 Å². The number of fused-ring (bicyclic) bond motifs is 4. The Balaban J connectivity index is 2.17. The SMILES string of the molecule is C=C1[C@@H]2O[C@@H]3C=C(C)CC[C@]3(CO)[C@@]1(C)[C@H](O)[C@H]2O. The van der Waals surface area contributed by atoms with E-state index in [0.29, 0.717) is 5.57 Å². The number of allylic oxidation sites excluding steroid dienone is 1. The molecule has 0 amide bonds. The molecule has 6 atom stereocenters. The van der Waals surface area contributed by atoms with Crippen molar-refractivity contribution in [1.82, 2.24) is 0 Å². The Morgan fingerprint density at radius 1 is 1.47 bits per heavy atom. The van der Waals surface area contributed by atoms with E-state index in [1.54, 1.807) is 0 Å². The highest BCUT2D eigenvalue weighted by atomic mass is 16.5. The van der Waals surface area contributed by atoms with Crippen LogP contribution in [0.2, 0.25) is 0 Å². The van der Waals surface area contributed by atoms with Crippen LogP contribution in [0.4, 0.5) is 0 Å². The van der Waals surface area contributed by atoms with Gasteiger partial charge < -0.3 is 20.1 Å². The van der Waals surface area contributed by atoms with Crippen molar-refractivity contribution in [3.05, 3.63) is 23.8 Å². The third-order valence-corrected chi connectivity index (χ3v) is 5.79. The van der Waals surface area contributed by atoms with Crippen LogP contribution >= 0.6 is 0 Å². The lowest BCUT2D eigenvalue weighted by Crippen LogP contribution is -2.59. The van der Waals surface area contributed by atoms with Gasteiger partial charge in [-0.1, -0.05) is 25.2 Å². The molecule has 106 valence electrons. The molecule has 19 heavy (non-hydrogen) atoms. The summed E-state index contributed by atoms with van der Waals surface area (Å²) in [7, 11) is 0. The van der Waals surface area contributed by atoms with Gasteiger partial charge in [-0.25, -0.2) is 0 Å². The second kappa shape index (κ2) is 3.92. The highest BCUT2D eigenvalue weighted by molar-refractivity contribution is 5.37. The molecule has 0 spiro atoms. The van der Waals surface area contributed by atoms with Gasteiger partial charge in [-0.15, -0.1) is 0 Å². The first-order chi connectivity index (χ1) is 8.88. The van der Waals surface area contributed by atoms with Crippen LogP contribution in [0.3, 0.4) is 0 Å². The van der Waals surface area contributed by atoms with Crippen LogP contribution in [0.25, 0.3) is 0 Å². The lowest BCUT2D eigenvalue weighted by molar-refractivity contribution is -0.153. The minimum atomic E-state index is -0.958. The molecule has 3 N–H and O–H groups in total. The maximum absolute atomic E-state index is 10.5. The van der Waals surface area contributed by atoms with Crippen molar-refractivity contribution in [2.45, 2.75) is 51.1 Å². The summed E-state index contributed by atoms with van der Waals surface area (Å²) >= 11 is 0. The summed E-state index contributed by atoms with van der Waals surface area (Å²) in [6, 6.07) is 0. The van der Waals surface area contributed by atoms with Gasteiger partial charge in [0.25, 0.3) is 0 Å². The van der Waals surface area contributed by atoms with E-state index < -0.39 is 29.1 Å². The summed E-state index contributed by atoms with van der Waals surface area (Å²) in [5, 5.41) is 30.7. The monoisotopic (exact) mass is 266 g/mol. The summed E-state index contributed by atoms with van der Waals surface area (Å²) in [5.41, 5.74) is 0.655. The minimum Gasteiger partial charge on any atom is -0.396 e. The molecule has 0 radical (unpaired) electrons. The Hall–Kier alpha value is -0.680. The standard InChI is InChI=1S/C15H22O4/c1-8-4-5-15(7-16)10(6-8)19-12-9(2)14(15,3)13(18)11(12)17/h6,10-13,16-18H,2,4-5,7H2,1,3H3/t10-,11+,12+,13-,14-,15-/m1/s1. The highest BCUT2D eigenvalue weighted by Crippen LogP contribution is 2.63. The van der Waals surface area contributed by atoms with Crippen LogP contribution in [0.15, 0.2) is 23.8 Å². The molecule has 4 nitrogen and oxygen atoms in total. The predicted molar refractivity (Wildman–Crippen MR) is 70.4 cm³/mol. The number of ether oxygens (including phenoxy) is 1. The fourth-order valence-electron chi connectivity index (χ4n) is 4.26. The zero-order valence-corrected chi connectivity index (χ0v) is 11.5. The molecule has 2 bridgehead atoms. The van der Waals surface area contributed by atoms with Gasteiger partial charge in [-0.3, -0.25) is 0 Å². The quantitative estimate of drug-likeness (QED) is 0.613. The van der Waals surface area contributed by atoms with Crippen molar-refractivity contribution >= 4 is 0 Å². The average molecular weight is 266 g/mol. The molecule has 0 aromatic carbocycles. The van der Waals surface area contributed by atoms with Crippen molar-refractivity contribution in [1.29, 1.82) is 0 Å². The van der Waals surface area contributed by atoms with E-state index >= 15 is 0 Å². The maximum Gasteiger partial charge on any atom is 0.111 e. The summed E-state index contributed by atoms with van der Waals surface area (Å²) in [4.78, 5) is 0. The van der Waals surface area contributed by atoms with Gasteiger partial charge >= 0.3 is 0 Å². The van der Waals surface area contributed by atoms with Crippen LogP contribution in [-0.2, 0) is 4.74 Å². The van der Waals surface area contributed by atoms with Crippen molar-refractivity contribution in [2.24, 2.45) is 10.8 Å². The Bertz CT molecular complexity index is 457. The zero-order chi connectivity index (χ0) is 14.0. The van der Waals surface area contributed by atoms with Crippen LogP contribution in [-0.4, -0.2) is 46.3 Å². The number of aliphatic hydroxyl groups is 3. The highest BCUT2D eigenvalue weighted by Gasteiger charge is 2.69. The molecular formula is C15H22O4. The normalized spacial score (nSPS) is 52.9. The van der Waals surface area contributed by atoms with Crippen LogP contribution in [0.5, 0.6) is 0 Å². The third-order valence-electron chi connectivity index (χ3n) is 5.79. The van der Waals surface area contributed by atoms with Crippen molar-refractivity contribution in [2.75, 3.05) is 6.61 Å². The molecule has 2 aliphatic carbocycles. The van der Waals surface area contributed by atoms with E-state index in [-0.39, 0.29) is 12.7 Å². The van der Waals surface area contributed by atoms with Crippen LogP contribution < -0.4 is 0 Å². The van der Waals surface area contributed by atoms with Gasteiger partial charge in [0.05, 0.1) is 18.8 Å². The van der Waals surface area contributed by atoms with Crippen molar-refractivity contribution < 1.29 is 20.1 Å². The molecule has 2 fully saturated rings. The molecule has 0 aromatic heterocycles. The van der Waals surface area contributed by atoms with E-state index in [4.69, 9.17) is 4.74 Å². The molecule has 0 aromatic rings. The topological polar surface area (TPSA) is 69.9 Å². The van der Waals surface area contributed by atoms with Gasteiger partial charge in [-0.05, 0) is 25.3 Å². The fourth-order valence-corrected chi connectivity index (χ4v) is 4.26. The van der Waals surface area contributed by atoms with E-state index in [0.717, 1.165) is 12.8 Å². The maximum atomic E-state index is 10.5. The minimum absolute atomic E-state index is 0.0759. The molecule has 1 heterocycles. The lowest BCUT2D eigenvalue weighted by Gasteiger charge is -2.56. The summed E-state index contributed by atoms with van der Waals surface area (Å²) in [6.07, 6.45) is 0.945. The first kappa shape index (κ1) is 13.3. The Labute approximate surface area is 113 Å². The van der Waals surface area contributed by atoms with Gasteiger partial charge in [0.2, 0.25) is 0 Å². The summed E-state index contributed by atoms with van der Waals surface area (Å²) in [5.74, 6) is 0. The zero-order valence-electron chi connectivity index (χ0n) is 11.5. The van der Waals surface area contributed by atoms with Crippen molar-refractivity contribution in [3.63, 3.8) is 0 Å². The average Bonchev–Trinajstić information content (AvgIpc) is 2.52. The molecular weight excluding hydrogens is 244 g/mol. The lowest BCUT2D eigenvalue weighted by atomic mass is 9.53. The van der Waals surface area contributed by atoms with E-state index in [2.05, 4.69) is 6.58 Å². The van der Waals surface area contributed by atoms with Gasteiger partial charge in [0.1, 0.15) is 12.2 Å². The molecule has 3 rings (SSSR count). The van der Waals surface area contributed by atoms with Gasteiger partial charge in [0.15, 0.2) is 0 Å². The predicted octanol–water partition coefficient (Wildman–Crippen LogP) is 0.770. The summed E-state index contributed by atoms with van der Waals surface area (Å²) < 4.78 is 5.96. The molecule has 0 unspecified atom stereocenters. The largest absolute Gasteiger partial charge is 0.396 e. The third kappa shape index (κ3) is 1.33. The second-order valence-electron chi connectivity index (χ2n) is 6.47. The summed E-state index contributed by atoms with van der Waals surface area (Å²) in [6.45, 7) is 7.91. The smallest absolute Gasteiger partial charge is 0.111 e. The number of aliphatic hydroxyl groups excluding tert-OH is 3. The molecule has 1 saturated carbocycles. The molecule has 1 aliphatic heterocycles. The second-order valence-corrected chi connectivity index (χ2v) is 6.47. The fraction of sp³-hybridized carbons (Fsp3) is 0.733. The number of hydrogen-bond acceptors (Lipinski definition) is 4.